The van der Waals surface area contributed by atoms with Crippen molar-refractivity contribution in [3.8, 4) is 0 Å². The summed E-state index contributed by atoms with van der Waals surface area (Å²) in [4.78, 5) is 0. The first-order valence-electron chi connectivity index (χ1n) is 9.71. The predicted octanol–water partition coefficient (Wildman–Crippen LogP) is 0.762. The summed E-state index contributed by atoms with van der Waals surface area (Å²) >= 11 is 0. The van der Waals surface area contributed by atoms with Crippen LogP contribution in [0.15, 0.2) is 48.6 Å². The maximum atomic E-state index is 2.56. The summed E-state index contributed by atoms with van der Waals surface area (Å²) in [6.07, 6.45) is 10.4. The van der Waals surface area contributed by atoms with Crippen molar-refractivity contribution in [2.45, 2.75) is 58.8 Å². The van der Waals surface area contributed by atoms with Gasteiger partial charge < -0.3 is 24.8 Å². The van der Waals surface area contributed by atoms with E-state index >= 15 is 0 Å². The maximum Gasteiger partial charge on any atom is 0 e. The van der Waals surface area contributed by atoms with Crippen molar-refractivity contribution < 1.29 is 50.7 Å². The molecule has 2 aliphatic rings. The Morgan fingerprint density at radius 1 is 0.862 bits per heavy atom. The molecule has 0 aromatic heterocycles. The minimum atomic E-state index is -0.0110. The number of fused-ring (bicyclic) bond motifs is 1. The van der Waals surface area contributed by atoms with Gasteiger partial charge in [-0.25, -0.2) is 0 Å². The maximum absolute atomic E-state index is 2.56. The Bertz CT molecular complexity index is 955. The molecular formula is C26H29Cl2Hf-3. The van der Waals surface area contributed by atoms with Crippen molar-refractivity contribution in [1.29, 1.82) is 0 Å². The van der Waals surface area contributed by atoms with Gasteiger partial charge in [0.1, 0.15) is 0 Å². The second kappa shape index (κ2) is 9.16. The van der Waals surface area contributed by atoms with E-state index in [9.17, 15) is 0 Å². The molecule has 0 nitrogen and oxygen atoms in total. The monoisotopic (exact) mass is 591 g/mol. The Balaban J connectivity index is 0.00000140. The van der Waals surface area contributed by atoms with Gasteiger partial charge >= 0.3 is 0 Å². The number of hydrogen-bond acceptors (Lipinski definition) is 0. The van der Waals surface area contributed by atoms with E-state index in [-0.39, 0.29) is 61.5 Å². The number of benzene rings is 2. The van der Waals surface area contributed by atoms with Crippen molar-refractivity contribution in [1.82, 2.24) is 0 Å². The fourth-order valence-corrected chi connectivity index (χ4v) is 5.14. The van der Waals surface area contributed by atoms with Crippen molar-refractivity contribution in [3.05, 3.63) is 93.9 Å². The largest absolute Gasteiger partial charge is 1.00 e. The second-order valence-electron chi connectivity index (χ2n) is 8.70. The summed E-state index contributed by atoms with van der Waals surface area (Å²) in [6, 6.07) is 11.0. The van der Waals surface area contributed by atoms with Gasteiger partial charge in [0.2, 0.25) is 0 Å². The Morgan fingerprint density at radius 3 is 2.03 bits per heavy atom. The molecule has 0 radical (unpaired) electrons. The van der Waals surface area contributed by atoms with E-state index in [1.807, 2.05) is 0 Å². The minimum Gasteiger partial charge on any atom is -1.00 e. The van der Waals surface area contributed by atoms with Gasteiger partial charge in [-0.3, -0.25) is 0 Å². The summed E-state index contributed by atoms with van der Waals surface area (Å²) in [5, 5.41) is 0. The third-order valence-corrected chi connectivity index (χ3v) is 7.24. The molecule has 0 aliphatic heterocycles. The third kappa shape index (κ3) is 3.73. The second-order valence-corrected chi connectivity index (χ2v) is 8.70. The summed E-state index contributed by atoms with van der Waals surface area (Å²) in [6.45, 7) is 14.2. The smallest absolute Gasteiger partial charge is 0 e. The average molecular weight is 591 g/mol. The average Bonchev–Trinajstić information content (AvgIpc) is 3.20. The normalized spacial score (nSPS) is 20.6. The summed E-state index contributed by atoms with van der Waals surface area (Å²) < 4.78 is 0. The molecule has 2 aliphatic carbocycles. The van der Waals surface area contributed by atoms with Crippen LogP contribution in [0.5, 0.6) is 0 Å². The van der Waals surface area contributed by atoms with Crippen molar-refractivity contribution >= 4 is 5.57 Å². The van der Waals surface area contributed by atoms with Crippen LogP contribution in [0.1, 0.15) is 66.1 Å². The van der Waals surface area contributed by atoms with Gasteiger partial charge in [-0.05, 0) is 24.3 Å². The van der Waals surface area contributed by atoms with Crippen molar-refractivity contribution in [3.63, 3.8) is 0 Å². The van der Waals surface area contributed by atoms with Crippen LogP contribution in [0.4, 0.5) is 0 Å². The molecule has 0 bridgehead atoms. The topological polar surface area (TPSA) is 0 Å². The molecule has 2 aromatic carbocycles. The van der Waals surface area contributed by atoms with E-state index in [1.165, 1.54) is 44.5 Å². The van der Waals surface area contributed by atoms with Crippen molar-refractivity contribution in [2.75, 3.05) is 0 Å². The SMILES string of the molecule is Cc1c(C)c(C2=CC=CC2)c2c(c1C)C(C)(C)C(C)(c1ccccc1)[CH-]2.[Cl-].[Cl-].[Hf]. The van der Waals surface area contributed by atoms with Crippen LogP contribution in [0.2, 0.25) is 0 Å². The van der Waals surface area contributed by atoms with Gasteiger partial charge in [-0.15, -0.1) is 16.7 Å². The standard InChI is InChI=1S/C26H29.2ClH.Hf/c1-17-18(2)23(20-12-10-11-13-20)22-16-26(6,21-14-8-7-9-15-21)25(4,5)24(22)19(17)3;;;/h7-12,14-16H,13H2,1-6H3;2*1H;/q-1;;;/p-2. The van der Waals surface area contributed by atoms with E-state index in [4.69, 9.17) is 0 Å². The molecule has 3 heteroatoms. The first-order chi connectivity index (χ1) is 12.3. The summed E-state index contributed by atoms with van der Waals surface area (Å²) in [5.41, 5.74) is 11.7. The van der Waals surface area contributed by atoms with Gasteiger partial charge in [0, 0.05) is 25.8 Å². The molecule has 0 saturated heterocycles. The van der Waals surface area contributed by atoms with Crippen LogP contribution in [0.25, 0.3) is 5.57 Å². The molecule has 0 saturated carbocycles. The van der Waals surface area contributed by atoms with Crippen LogP contribution < -0.4 is 24.8 Å². The molecule has 0 amide bonds. The van der Waals surface area contributed by atoms with E-state index in [1.54, 1.807) is 0 Å². The zero-order chi connectivity index (χ0) is 18.7. The van der Waals surface area contributed by atoms with Gasteiger partial charge in [-0.1, -0.05) is 105 Å². The van der Waals surface area contributed by atoms with Crippen LogP contribution in [0.3, 0.4) is 0 Å². The Labute approximate surface area is 207 Å². The fraction of sp³-hybridized carbons (Fsp3) is 0.346. The van der Waals surface area contributed by atoms with Crippen LogP contribution in [0, 0.1) is 27.2 Å². The van der Waals surface area contributed by atoms with Crippen LogP contribution in [-0.2, 0) is 36.7 Å². The molecule has 0 heterocycles. The van der Waals surface area contributed by atoms with E-state index in [0.717, 1.165) is 6.42 Å². The van der Waals surface area contributed by atoms with Crippen LogP contribution >= 0.6 is 0 Å². The summed E-state index contributed by atoms with van der Waals surface area (Å²) in [7, 11) is 0. The Hall–Kier alpha value is -0.760. The van der Waals surface area contributed by atoms with Gasteiger partial charge in [0.15, 0.2) is 0 Å². The molecule has 0 spiro atoms. The number of hydrogen-bond donors (Lipinski definition) is 0. The quantitative estimate of drug-likeness (QED) is 0.358. The van der Waals surface area contributed by atoms with E-state index < -0.39 is 0 Å². The van der Waals surface area contributed by atoms with E-state index in [0.29, 0.717) is 0 Å². The van der Waals surface area contributed by atoms with Gasteiger partial charge in [0.25, 0.3) is 0 Å². The molecule has 29 heavy (non-hydrogen) atoms. The Kier molecular flexibility index (Phi) is 8.30. The number of halogens is 2. The molecular weight excluding hydrogens is 562 g/mol. The molecule has 1 atom stereocenters. The number of rotatable bonds is 2. The minimum absolute atomic E-state index is 0. The van der Waals surface area contributed by atoms with Gasteiger partial charge in [0.05, 0.1) is 0 Å². The zero-order valence-electron chi connectivity index (χ0n) is 18.2. The summed E-state index contributed by atoms with van der Waals surface area (Å²) in [5.74, 6) is 0. The van der Waals surface area contributed by atoms with Crippen LogP contribution in [-0.4, -0.2) is 0 Å². The first-order valence-corrected chi connectivity index (χ1v) is 9.71. The third-order valence-electron chi connectivity index (χ3n) is 7.24. The Morgan fingerprint density at radius 2 is 1.48 bits per heavy atom. The fourth-order valence-electron chi connectivity index (χ4n) is 5.14. The van der Waals surface area contributed by atoms with E-state index in [2.05, 4.69) is 96.5 Å². The predicted molar refractivity (Wildman–Crippen MR) is 113 cm³/mol. The molecule has 2 aromatic rings. The van der Waals surface area contributed by atoms with Crippen molar-refractivity contribution in [2.24, 2.45) is 0 Å². The molecule has 1 unspecified atom stereocenters. The zero-order valence-corrected chi connectivity index (χ0v) is 23.3. The molecule has 154 valence electrons. The molecule has 0 N–H and O–H groups in total. The van der Waals surface area contributed by atoms with Gasteiger partial charge in [-0.2, -0.15) is 12.0 Å². The molecule has 0 fully saturated rings. The number of allylic oxidation sites excluding steroid dienone is 4. The molecule has 4 rings (SSSR count). The first kappa shape index (κ1) is 26.3.